The predicted molar refractivity (Wildman–Crippen MR) is 166 cm³/mol. The van der Waals surface area contributed by atoms with Gasteiger partial charge in [-0.3, -0.25) is 19.4 Å². The van der Waals surface area contributed by atoms with Crippen LogP contribution in [0, 0.1) is 43.5 Å². The topological polar surface area (TPSA) is 130 Å². The van der Waals surface area contributed by atoms with Crippen LogP contribution in [0.15, 0.2) is 24.4 Å². The number of nitrogens with one attached hydrogen (secondary N) is 4. The first-order valence-corrected chi connectivity index (χ1v) is 16.4. The van der Waals surface area contributed by atoms with Crippen LogP contribution in [0.4, 0.5) is 10.2 Å². The summed E-state index contributed by atoms with van der Waals surface area (Å²) in [5.74, 6) is -0.0928. The molecule has 44 heavy (non-hydrogen) atoms. The average molecular weight is 605 g/mol. The molecular formula is C33H45FN8O2. The molecule has 4 heterocycles. The minimum Gasteiger partial charge on any atom is -0.339 e. The number of anilines is 1. The standard InChI is InChI=1S/C33H45FN8O2/c1-20-28(21(2)41-40-20)25-13-14-27(37-31(25)34)38-33(44)30(29(23-9-5-3-6-10-23)24-11-7-4-8-12-24)39-32(43)26-15-16-36-42(26)19-22-17-35-18-22/h13-16,22-24,29-30,35H,3-12,17-19H2,1-2H3,(H,39,43)(H,40,41)(H,37,38,44)/t30-/m0/s1. The Morgan fingerprint density at radius 2 is 1.68 bits per heavy atom. The van der Waals surface area contributed by atoms with Gasteiger partial charge in [0.2, 0.25) is 11.9 Å². The minimum atomic E-state index is -0.773. The van der Waals surface area contributed by atoms with E-state index in [1.807, 2.05) is 13.8 Å². The van der Waals surface area contributed by atoms with E-state index in [1.165, 1.54) is 12.8 Å². The van der Waals surface area contributed by atoms with Crippen LogP contribution < -0.4 is 16.0 Å². The van der Waals surface area contributed by atoms with Crippen molar-refractivity contribution in [2.45, 2.75) is 90.6 Å². The number of hydrogen-bond acceptors (Lipinski definition) is 6. The van der Waals surface area contributed by atoms with Crippen molar-refractivity contribution >= 4 is 17.6 Å². The zero-order valence-electron chi connectivity index (χ0n) is 25.9. The summed E-state index contributed by atoms with van der Waals surface area (Å²) in [5, 5.41) is 20.8. The van der Waals surface area contributed by atoms with Gasteiger partial charge in [0.15, 0.2) is 0 Å². The molecule has 0 bridgehead atoms. The Bertz CT molecular complexity index is 1410. The fourth-order valence-corrected chi connectivity index (χ4v) is 7.75. The number of rotatable bonds is 10. The van der Waals surface area contributed by atoms with Crippen LogP contribution in [-0.2, 0) is 11.3 Å². The largest absolute Gasteiger partial charge is 0.339 e. The zero-order valence-corrected chi connectivity index (χ0v) is 25.9. The van der Waals surface area contributed by atoms with Crippen molar-refractivity contribution in [3.8, 4) is 11.1 Å². The van der Waals surface area contributed by atoms with E-state index in [4.69, 9.17) is 0 Å². The summed E-state index contributed by atoms with van der Waals surface area (Å²) in [6, 6.07) is 4.20. The van der Waals surface area contributed by atoms with Gasteiger partial charge in [-0.1, -0.05) is 64.2 Å². The number of pyridine rings is 1. The van der Waals surface area contributed by atoms with Gasteiger partial charge >= 0.3 is 0 Å². The summed E-state index contributed by atoms with van der Waals surface area (Å²) in [4.78, 5) is 32.3. The predicted octanol–water partition coefficient (Wildman–Crippen LogP) is 5.16. The molecule has 2 amide bonds. The van der Waals surface area contributed by atoms with Crippen molar-refractivity contribution in [3.63, 3.8) is 0 Å². The van der Waals surface area contributed by atoms with Gasteiger partial charge in [-0.15, -0.1) is 0 Å². The number of carbonyl (C=O) groups is 2. The number of H-pyrrole nitrogens is 1. The van der Waals surface area contributed by atoms with Crippen LogP contribution >= 0.6 is 0 Å². The van der Waals surface area contributed by atoms with Crippen molar-refractivity contribution in [1.29, 1.82) is 0 Å². The molecule has 3 aromatic rings. The number of aromatic nitrogens is 5. The molecule has 1 aliphatic heterocycles. The van der Waals surface area contributed by atoms with Gasteiger partial charge in [-0.2, -0.15) is 14.6 Å². The highest BCUT2D eigenvalue weighted by atomic mass is 19.1. The number of hydrogen-bond donors (Lipinski definition) is 4. The molecule has 10 nitrogen and oxygen atoms in total. The molecule has 236 valence electrons. The third kappa shape index (κ3) is 6.57. The highest BCUT2D eigenvalue weighted by Crippen LogP contribution is 2.42. The molecule has 6 rings (SSSR count). The molecule has 3 fully saturated rings. The van der Waals surface area contributed by atoms with Gasteiger partial charge in [0.1, 0.15) is 17.6 Å². The number of aryl methyl sites for hydroxylation is 2. The number of carbonyl (C=O) groups excluding carboxylic acids is 2. The Hall–Kier alpha value is -3.60. The second-order valence-electron chi connectivity index (χ2n) is 13.1. The Kier molecular flexibility index (Phi) is 9.39. The molecule has 3 aromatic heterocycles. The van der Waals surface area contributed by atoms with Crippen LogP contribution in [0.5, 0.6) is 0 Å². The van der Waals surface area contributed by atoms with Crippen LogP contribution in [0.3, 0.4) is 0 Å². The van der Waals surface area contributed by atoms with Crippen LogP contribution in [0.25, 0.3) is 11.1 Å². The quantitative estimate of drug-likeness (QED) is 0.237. The van der Waals surface area contributed by atoms with E-state index in [-0.39, 0.29) is 23.6 Å². The number of amides is 2. The molecule has 0 unspecified atom stereocenters. The highest BCUT2D eigenvalue weighted by Gasteiger charge is 2.41. The summed E-state index contributed by atoms with van der Waals surface area (Å²) in [7, 11) is 0. The smallest absolute Gasteiger partial charge is 0.270 e. The zero-order chi connectivity index (χ0) is 30.6. The van der Waals surface area contributed by atoms with E-state index in [1.54, 1.807) is 29.1 Å². The van der Waals surface area contributed by atoms with Crippen molar-refractivity contribution in [2.24, 2.45) is 23.7 Å². The lowest BCUT2D eigenvalue weighted by atomic mass is 9.66. The molecule has 1 saturated heterocycles. The molecule has 11 heteroatoms. The molecule has 0 spiro atoms. The monoisotopic (exact) mass is 604 g/mol. The highest BCUT2D eigenvalue weighted by molar-refractivity contribution is 6.00. The first kappa shape index (κ1) is 30.4. The molecule has 3 aliphatic rings. The molecule has 1 atom stereocenters. The fraction of sp³-hybridized carbons (Fsp3) is 0.606. The lowest BCUT2D eigenvalue weighted by molar-refractivity contribution is -0.121. The lowest BCUT2D eigenvalue weighted by Gasteiger charge is -2.42. The fourth-order valence-electron chi connectivity index (χ4n) is 7.75. The lowest BCUT2D eigenvalue weighted by Crippen LogP contribution is -2.53. The van der Waals surface area contributed by atoms with Gasteiger partial charge in [0.05, 0.1) is 5.69 Å². The number of aromatic amines is 1. The SMILES string of the molecule is Cc1n[nH]c(C)c1-c1ccc(NC(=O)[C@@H](NC(=O)c2ccnn2CC2CNC2)C(C2CCCCC2)C2CCCCC2)nc1F. The van der Waals surface area contributed by atoms with E-state index in [0.29, 0.717) is 46.8 Å². The van der Waals surface area contributed by atoms with Crippen molar-refractivity contribution in [3.05, 3.63) is 47.4 Å². The number of halogens is 1. The summed E-state index contributed by atoms with van der Waals surface area (Å²) in [6.45, 7) is 6.11. The third-order valence-corrected chi connectivity index (χ3v) is 10.1. The molecular weight excluding hydrogens is 559 g/mol. The molecule has 0 radical (unpaired) electrons. The van der Waals surface area contributed by atoms with Gasteiger partial charge in [0, 0.05) is 48.6 Å². The van der Waals surface area contributed by atoms with Gasteiger partial charge in [0.25, 0.3) is 5.91 Å². The van der Waals surface area contributed by atoms with Crippen molar-refractivity contribution < 1.29 is 14.0 Å². The Morgan fingerprint density at radius 1 is 1.00 bits per heavy atom. The maximum Gasteiger partial charge on any atom is 0.270 e. The Morgan fingerprint density at radius 3 is 2.25 bits per heavy atom. The number of nitrogens with zero attached hydrogens (tertiary/aromatic N) is 4. The summed E-state index contributed by atoms with van der Waals surface area (Å²) < 4.78 is 17.1. The second kappa shape index (κ2) is 13.6. The molecule has 4 N–H and O–H groups in total. The molecule has 2 aliphatic carbocycles. The maximum absolute atomic E-state index is 15.4. The second-order valence-corrected chi connectivity index (χ2v) is 13.1. The average Bonchev–Trinajstić information content (AvgIpc) is 3.61. The molecule has 0 aromatic carbocycles. The van der Waals surface area contributed by atoms with Crippen LogP contribution in [0.1, 0.15) is 86.1 Å². The Balaban J connectivity index is 1.29. The third-order valence-electron chi connectivity index (χ3n) is 10.1. The van der Waals surface area contributed by atoms with E-state index in [9.17, 15) is 9.59 Å². The van der Waals surface area contributed by atoms with E-state index in [2.05, 4.69) is 36.2 Å². The first-order chi connectivity index (χ1) is 21.4. The molecule has 2 saturated carbocycles. The summed E-state index contributed by atoms with van der Waals surface area (Å²) in [5.41, 5.74) is 2.88. The van der Waals surface area contributed by atoms with E-state index >= 15 is 4.39 Å². The minimum absolute atomic E-state index is 0.00731. The van der Waals surface area contributed by atoms with Gasteiger partial charge < -0.3 is 16.0 Å². The van der Waals surface area contributed by atoms with Crippen molar-refractivity contribution in [1.82, 2.24) is 35.6 Å². The van der Waals surface area contributed by atoms with E-state index < -0.39 is 12.0 Å². The van der Waals surface area contributed by atoms with Gasteiger partial charge in [-0.05, 0) is 49.8 Å². The van der Waals surface area contributed by atoms with Gasteiger partial charge in [-0.25, -0.2) is 4.98 Å². The van der Waals surface area contributed by atoms with Crippen molar-refractivity contribution in [2.75, 3.05) is 18.4 Å². The normalized spacial score (nSPS) is 19.1. The van der Waals surface area contributed by atoms with Crippen LogP contribution in [-0.4, -0.2) is 55.9 Å². The Labute approximate surface area is 258 Å². The van der Waals surface area contributed by atoms with Crippen LogP contribution in [0.2, 0.25) is 0 Å². The first-order valence-electron chi connectivity index (χ1n) is 16.4. The maximum atomic E-state index is 15.4. The summed E-state index contributed by atoms with van der Waals surface area (Å²) >= 11 is 0. The summed E-state index contributed by atoms with van der Waals surface area (Å²) in [6.07, 6.45) is 12.8. The van der Waals surface area contributed by atoms with E-state index in [0.717, 1.165) is 70.2 Å².